The fourth-order valence-corrected chi connectivity index (χ4v) is 23.5. The molecular weight excluding hydrogens is 1600 g/mol. The van der Waals surface area contributed by atoms with Crippen molar-refractivity contribution in [3.63, 3.8) is 0 Å². The van der Waals surface area contributed by atoms with E-state index in [-0.39, 0.29) is 0 Å². The van der Waals surface area contributed by atoms with Gasteiger partial charge in [-0.05, 0) is 197 Å². The number of fused-ring (bicyclic) bond motifs is 23. The SMILES string of the molecule is c1ccc(-c2ccc(-n3c4ccc(-c5ccccc5)cc4c4ccc5c6cc(-c7ccccc7)ccc6sc5c43)cc2)cc1.c1ccc(-c2ccc3sc4c(ccc5c6cc(-c7ccccc7)ccc6n(-c6ccc7ccccc7c6)c54)c3c2)cc1.c1ccc(-c2ccc3sc4c(ccc5c6cc(-c7ccccc7)ccc6n(-c6cccc7ccccc67)c54)c3c2)cc1. The molecule has 0 aliphatic carbocycles. The molecule has 27 rings (SSSR count). The van der Waals surface area contributed by atoms with Crippen molar-refractivity contribution < 1.29 is 0 Å². The van der Waals surface area contributed by atoms with Crippen LogP contribution < -0.4 is 0 Å². The molecule has 6 aromatic heterocycles. The Bertz CT molecular complexity index is 9000. The molecule has 128 heavy (non-hydrogen) atoms. The molecule has 21 aromatic carbocycles. The minimum Gasteiger partial charge on any atom is -0.308 e. The molecule has 0 saturated heterocycles. The Morgan fingerprint density at radius 1 is 0.141 bits per heavy atom. The summed E-state index contributed by atoms with van der Waals surface area (Å²) >= 11 is 5.71. The summed E-state index contributed by atoms with van der Waals surface area (Å²) in [5.74, 6) is 0. The van der Waals surface area contributed by atoms with Gasteiger partial charge >= 0.3 is 0 Å². The minimum absolute atomic E-state index is 1.17. The van der Waals surface area contributed by atoms with Crippen LogP contribution >= 0.6 is 34.0 Å². The van der Waals surface area contributed by atoms with Crippen molar-refractivity contribution in [3.8, 4) is 95.0 Å². The highest BCUT2D eigenvalue weighted by molar-refractivity contribution is 7.27. The lowest BCUT2D eigenvalue weighted by atomic mass is 10.0. The second-order valence-corrected chi connectivity index (χ2v) is 36.5. The molecule has 0 N–H and O–H groups in total. The van der Waals surface area contributed by atoms with E-state index in [1.807, 2.05) is 34.0 Å². The van der Waals surface area contributed by atoms with Gasteiger partial charge in [0.15, 0.2) is 0 Å². The quantitative estimate of drug-likeness (QED) is 0.130. The summed E-state index contributed by atoms with van der Waals surface area (Å²) in [5.41, 5.74) is 28.5. The highest BCUT2D eigenvalue weighted by atomic mass is 32.1. The van der Waals surface area contributed by atoms with Crippen LogP contribution in [0.3, 0.4) is 0 Å². The number of rotatable bonds is 10. The smallest absolute Gasteiger partial charge is 0.0720 e. The van der Waals surface area contributed by atoms with Gasteiger partial charge in [-0.1, -0.05) is 364 Å². The minimum atomic E-state index is 1.17. The predicted octanol–water partition coefficient (Wildman–Crippen LogP) is 35.4. The molecule has 0 spiro atoms. The van der Waals surface area contributed by atoms with E-state index < -0.39 is 0 Å². The monoisotopic (exact) mass is 1680 g/mol. The summed E-state index contributed by atoms with van der Waals surface area (Å²) < 4.78 is 15.4. The standard InChI is InChI=1S/C42H27NS.2C40H25NS/c1-4-10-28(11-5-1)31-16-20-34(21-17-31)43-39-24-18-32(29-12-6-2-7-13-29)26-37(39)35-22-23-36-38-27-33(30-14-8-3-9-15-30)19-25-40(38)44-42(36)41(35)43;1-3-10-26(11-4-1)29-18-22-37-34(24-29)32-20-21-33-35-25-30(27-12-5-2-6-13-27)19-23-38(35)42-40(33)39(32)41(37)36-17-9-15-28-14-7-8-16-31(28)36;1-3-9-26(10-4-1)30-16-21-37-35(24-30)33-19-20-34-36-25-31(27-11-5-2-6-12-27)17-22-38(36)42-40(34)39(33)41(37)32-18-15-28-13-7-8-14-29(28)23-32/h1-27H;2*1-25H. The van der Waals surface area contributed by atoms with Crippen LogP contribution in [-0.2, 0) is 0 Å². The molecule has 6 heteroatoms. The first-order valence-electron chi connectivity index (χ1n) is 43.7. The Labute approximate surface area is 751 Å². The molecule has 0 bridgehead atoms. The number of thiophene rings is 3. The van der Waals surface area contributed by atoms with Crippen LogP contribution in [-0.4, -0.2) is 13.7 Å². The predicted molar refractivity (Wildman–Crippen MR) is 554 cm³/mol. The Balaban J connectivity index is 0.000000104. The third kappa shape index (κ3) is 12.8. The molecule has 6 heterocycles. The van der Waals surface area contributed by atoms with E-state index in [1.165, 1.54) is 242 Å². The van der Waals surface area contributed by atoms with E-state index in [4.69, 9.17) is 0 Å². The molecular formula is C122H77N3S3. The first kappa shape index (κ1) is 74.8. The number of hydrogen-bond acceptors (Lipinski definition) is 3. The molecule has 598 valence electrons. The van der Waals surface area contributed by atoms with Crippen molar-refractivity contribution in [3.05, 3.63) is 467 Å². The molecule has 3 nitrogen and oxygen atoms in total. The highest BCUT2D eigenvalue weighted by Gasteiger charge is 2.25. The van der Waals surface area contributed by atoms with E-state index in [2.05, 4.69) is 481 Å². The van der Waals surface area contributed by atoms with E-state index in [0.29, 0.717) is 0 Å². The van der Waals surface area contributed by atoms with Crippen LogP contribution in [0.1, 0.15) is 0 Å². The van der Waals surface area contributed by atoms with Crippen molar-refractivity contribution in [2.75, 3.05) is 0 Å². The lowest BCUT2D eigenvalue weighted by molar-refractivity contribution is 1.19. The molecule has 0 amide bonds. The molecule has 0 saturated carbocycles. The zero-order valence-electron chi connectivity index (χ0n) is 69.5. The summed E-state index contributed by atoms with van der Waals surface area (Å²) in [7, 11) is 0. The van der Waals surface area contributed by atoms with Crippen molar-refractivity contribution >= 4 is 181 Å². The summed E-state index contributed by atoms with van der Waals surface area (Å²) in [5, 5.41) is 20.6. The van der Waals surface area contributed by atoms with Crippen LogP contribution in [0.15, 0.2) is 467 Å². The number of benzene rings is 21. The van der Waals surface area contributed by atoms with E-state index in [9.17, 15) is 0 Å². The first-order chi connectivity index (χ1) is 63.5. The molecule has 0 fully saturated rings. The number of hydrogen-bond donors (Lipinski definition) is 0. The summed E-state index contributed by atoms with van der Waals surface area (Å²) in [6, 6.07) is 170. The number of nitrogens with zero attached hydrogens (tertiary/aromatic N) is 3. The van der Waals surface area contributed by atoms with Crippen LogP contribution in [0.25, 0.3) is 242 Å². The molecule has 0 unspecified atom stereocenters. The third-order valence-corrected chi connectivity index (χ3v) is 29.5. The van der Waals surface area contributed by atoms with E-state index >= 15 is 0 Å². The third-order valence-electron chi connectivity index (χ3n) is 26.0. The average Bonchev–Trinajstić information content (AvgIpc) is 1.56. The lowest BCUT2D eigenvalue weighted by Gasteiger charge is -2.12. The van der Waals surface area contributed by atoms with Crippen LogP contribution in [0, 0.1) is 0 Å². The van der Waals surface area contributed by atoms with Crippen molar-refractivity contribution in [1.82, 2.24) is 13.7 Å². The van der Waals surface area contributed by atoms with Crippen LogP contribution in [0.2, 0.25) is 0 Å². The molecule has 0 aliphatic heterocycles. The maximum absolute atomic E-state index is 2.51. The first-order valence-corrected chi connectivity index (χ1v) is 46.2. The van der Waals surface area contributed by atoms with E-state index in [0.717, 1.165) is 0 Å². The van der Waals surface area contributed by atoms with Crippen molar-refractivity contribution in [1.29, 1.82) is 0 Å². The van der Waals surface area contributed by atoms with Gasteiger partial charge < -0.3 is 13.7 Å². The maximum Gasteiger partial charge on any atom is 0.0720 e. The normalized spacial score (nSPS) is 11.8. The van der Waals surface area contributed by atoms with Crippen molar-refractivity contribution in [2.24, 2.45) is 0 Å². The molecule has 0 atom stereocenters. The summed E-state index contributed by atoms with van der Waals surface area (Å²) in [6.07, 6.45) is 0. The Hall–Kier alpha value is -15.8. The van der Waals surface area contributed by atoms with Gasteiger partial charge in [-0.2, -0.15) is 0 Å². The Morgan fingerprint density at radius 3 is 0.805 bits per heavy atom. The number of aromatic nitrogens is 3. The van der Waals surface area contributed by atoms with Gasteiger partial charge in [-0.3, -0.25) is 0 Å². The second-order valence-electron chi connectivity index (χ2n) is 33.3. The van der Waals surface area contributed by atoms with Crippen LogP contribution in [0.5, 0.6) is 0 Å². The zero-order valence-corrected chi connectivity index (χ0v) is 72.0. The largest absolute Gasteiger partial charge is 0.308 e. The maximum atomic E-state index is 2.51. The van der Waals surface area contributed by atoms with Crippen LogP contribution in [0.4, 0.5) is 0 Å². The molecule has 0 aliphatic rings. The lowest BCUT2D eigenvalue weighted by Crippen LogP contribution is -1.95. The van der Waals surface area contributed by atoms with Gasteiger partial charge in [0.25, 0.3) is 0 Å². The Morgan fingerprint density at radius 2 is 0.414 bits per heavy atom. The highest BCUT2D eigenvalue weighted by Crippen LogP contribution is 2.50. The fraction of sp³-hybridized carbons (Fsp3) is 0. The summed E-state index contributed by atoms with van der Waals surface area (Å²) in [4.78, 5) is 0. The van der Waals surface area contributed by atoms with Gasteiger partial charge in [0.1, 0.15) is 0 Å². The van der Waals surface area contributed by atoms with Crippen molar-refractivity contribution in [2.45, 2.75) is 0 Å². The average molecular weight is 1680 g/mol. The van der Waals surface area contributed by atoms with Gasteiger partial charge in [0.2, 0.25) is 0 Å². The molecule has 27 aromatic rings. The topological polar surface area (TPSA) is 14.8 Å². The fourth-order valence-electron chi connectivity index (χ4n) is 19.8. The van der Waals surface area contributed by atoms with Gasteiger partial charge in [-0.25, -0.2) is 0 Å². The molecule has 0 radical (unpaired) electrons. The second kappa shape index (κ2) is 31.2. The summed E-state index contributed by atoms with van der Waals surface area (Å²) in [6.45, 7) is 0. The van der Waals surface area contributed by atoms with Gasteiger partial charge in [0.05, 0.1) is 52.9 Å². The van der Waals surface area contributed by atoms with E-state index in [1.54, 1.807) is 0 Å². The van der Waals surface area contributed by atoms with Gasteiger partial charge in [0, 0.05) is 95.5 Å². The zero-order chi connectivity index (χ0) is 84.3. The van der Waals surface area contributed by atoms with Gasteiger partial charge in [-0.15, -0.1) is 34.0 Å². The Kier molecular flexibility index (Phi) is 18.2.